The van der Waals surface area contributed by atoms with Gasteiger partial charge in [0.25, 0.3) is 0 Å². The molecule has 0 aliphatic rings. The summed E-state index contributed by atoms with van der Waals surface area (Å²) in [6.07, 6.45) is 11.6. The molecule has 0 aliphatic heterocycles. The maximum absolute atomic E-state index is 11.5. The molecule has 0 unspecified atom stereocenters. The molecule has 0 aromatic heterocycles. The van der Waals surface area contributed by atoms with Gasteiger partial charge in [-0.1, -0.05) is 59.0 Å². The molecule has 0 aliphatic carbocycles. The van der Waals surface area contributed by atoms with Crippen LogP contribution in [0.25, 0.3) is 0 Å². The number of nitrogens with zero attached hydrogens (tertiary/aromatic N) is 1. The molecule has 0 aromatic carbocycles. The minimum absolute atomic E-state index is 0.0163. The van der Waals surface area contributed by atoms with E-state index in [1.165, 1.54) is 64.5 Å². The molecule has 3 heteroatoms. The van der Waals surface area contributed by atoms with E-state index in [0.29, 0.717) is 5.57 Å². The Balaban J connectivity index is 3.88. The predicted molar refractivity (Wildman–Crippen MR) is 97.2 cm³/mol. The Hall–Kier alpha value is -0.830. The van der Waals surface area contributed by atoms with Gasteiger partial charge in [0.2, 0.25) is 5.91 Å². The second-order valence-corrected chi connectivity index (χ2v) is 6.35. The molecule has 0 fully saturated rings. The van der Waals surface area contributed by atoms with Gasteiger partial charge in [-0.2, -0.15) is 0 Å². The van der Waals surface area contributed by atoms with E-state index in [0.717, 1.165) is 19.5 Å². The van der Waals surface area contributed by atoms with Gasteiger partial charge in [0, 0.05) is 12.1 Å². The zero-order valence-electron chi connectivity index (χ0n) is 15.3. The van der Waals surface area contributed by atoms with Crippen LogP contribution in [0.1, 0.15) is 78.6 Å². The maximum atomic E-state index is 11.5. The molecular weight excluding hydrogens is 272 g/mol. The van der Waals surface area contributed by atoms with Crippen LogP contribution in [0.4, 0.5) is 0 Å². The SMILES string of the molecule is C=C(C)C(=O)NCCCN(CCCCCC)CCCCCC. The molecule has 0 heterocycles. The average Bonchev–Trinajstić information content (AvgIpc) is 2.50. The van der Waals surface area contributed by atoms with Crippen molar-refractivity contribution in [3.63, 3.8) is 0 Å². The van der Waals surface area contributed by atoms with Crippen molar-refractivity contribution in [1.29, 1.82) is 0 Å². The molecule has 0 spiro atoms. The molecule has 0 aromatic rings. The highest BCUT2D eigenvalue weighted by Crippen LogP contribution is 2.06. The Morgan fingerprint density at radius 1 is 0.864 bits per heavy atom. The molecule has 1 N–H and O–H groups in total. The van der Waals surface area contributed by atoms with Gasteiger partial charge < -0.3 is 10.2 Å². The van der Waals surface area contributed by atoms with E-state index >= 15 is 0 Å². The quantitative estimate of drug-likeness (QED) is 0.356. The molecule has 0 bridgehead atoms. The van der Waals surface area contributed by atoms with E-state index in [2.05, 4.69) is 30.6 Å². The van der Waals surface area contributed by atoms with E-state index in [1.54, 1.807) is 6.92 Å². The third-order valence-electron chi connectivity index (χ3n) is 3.98. The van der Waals surface area contributed by atoms with Crippen LogP contribution in [0, 0.1) is 0 Å². The summed E-state index contributed by atoms with van der Waals surface area (Å²) in [5.41, 5.74) is 0.594. The molecule has 0 saturated carbocycles. The number of unbranched alkanes of at least 4 members (excludes halogenated alkanes) is 6. The summed E-state index contributed by atoms with van der Waals surface area (Å²) in [6.45, 7) is 14.2. The number of carbonyl (C=O) groups is 1. The first kappa shape index (κ1) is 21.2. The first-order chi connectivity index (χ1) is 10.6. The van der Waals surface area contributed by atoms with Crippen LogP contribution in [0.5, 0.6) is 0 Å². The van der Waals surface area contributed by atoms with Crippen LogP contribution in [0.2, 0.25) is 0 Å². The number of rotatable bonds is 15. The van der Waals surface area contributed by atoms with Gasteiger partial charge in [0.1, 0.15) is 0 Å². The van der Waals surface area contributed by atoms with Gasteiger partial charge in [-0.15, -0.1) is 0 Å². The summed E-state index contributed by atoms with van der Waals surface area (Å²) in [6, 6.07) is 0. The monoisotopic (exact) mass is 310 g/mol. The molecule has 3 nitrogen and oxygen atoms in total. The van der Waals surface area contributed by atoms with E-state index < -0.39 is 0 Å². The molecule has 0 rings (SSSR count). The highest BCUT2D eigenvalue weighted by Gasteiger charge is 2.05. The highest BCUT2D eigenvalue weighted by atomic mass is 16.1. The third kappa shape index (κ3) is 12.9. The van der Waals surface area contributed by atoms with Crippen molar-refractivity contribution in [2.75, 3.05) is 26.2 Å². The summed E-state index contributed by atoms with van der Waals surface area (Å²) >= 11 is 0. The van der Waals surface area contributed by atoms with Crippen molar-refractivity contribution in [2.45, 2.75) is 78.6 Å². The first-order valence-corrected chi connectivity index (χ1v) is 9.27. The van der Waals surface area contributed by atoms with Gasteiger partial charge in [-0.3, -0.25) is 4.79 Å². The topological polar surface area (TPSA) is 32.3 Å². The lowest BCUT2D eigenvalue weighted by molar-refractivity contribution is -0.117. The number of hydrogen-bond donors (Lipinski definition) is 1. The third-order valence-corrected chi connectivity index (χ3v) is 3.98. The summed E-state index contributed by atoms with van der Waals surface area (Å²) in [5.74, 6) is -0.0163. The smallest absolute Gasteiger partial charge is 0.246 e. The number of carbonyl (C=O) groups excluding carboxylic acids is 1. The van der Waals surface area contributed by atoms with Gasteiger partial charge in [-0.25, -0.2) is 0 Å². The van der Waals surface area contributed by atoms with Gasteiger partial charge in [-0.05, 0) is 45.8 Å². The lowest BCUT2D eigenvalue weighted by Gasteiger charge is -2.22. The largest absolute Gasteiger partial charge is 0.352 e. The van der Waals surface area contributed by atoms with Crippen LogP contribution in [0.15, 0.2) is 12.2 Å². The van der Waals surface area contributed by atoms with Crippen molar-refractivity contribution < 1.29 is 4.79 Å². The lowest BCUT2D eigenvalue weighted by Crippen LogP contribution is -2.31. The minimum atomic E-state index is -0.0163. The van der Waals surface area contributed by atoms with E-state index in [4.69, 9.17) is 0 Å². The number of hydrogen-bond acceptors (Lipinski definition) is 2. The highest BCUT2D eigenvalue weighted by molar-refractivity contribution is 5.91. The molecule has 0 radical (unpaired) electrons. The predicted octanol–water partition coefficient (Wildman–Crippen LogP) is 4.53. The van der Waals surface area contributed by atoms with Crippen molar-refractivity contribution in [3.05, 3.63) is 12.2 Å². The van der Waals surface area contributed by atoms with Crippen LogP contribution in [0.3, 0.4) is 0 Å². The molecule has 0 atom stereocenters. The Morgan fingerprint density at radius 3 is 1.82 bits per heavy atom. The Labute approximate surface area is 138 Å². The van der Waals surface area contributed by atoms with Crippen LogP contribution >= 0.6 is 0 Å². The Kier molecular flexibility index (Phi) is 14.5. The van der Waals surface area contributed by atoms with E-state index in [9.17, 15) is 4.79 Å². The van der Waals surface area contributed by atoms with Crippen LogP contribution in [-0.2, 0) is 4.79 Å². The van der Waals surface area contributed by atoms with Crippen molar-refractivity contribution in [1.82, 2.24) is 10.2 Å². The van der Waals surface area contributed by atoms with E-state index in [1.807, 2.05) is 0 Å². The minimum Gasteiger partial charge on any atom is -0.352 e. The maximum Gasteiger partial charge on any atom is 0.246 e. The zero-order chi connectivity index (χ0) is 16.6. The van der Waals surface area contributed by atoms with Crippen LogP contribution < -0.4 is 5.32 Å². The molecular formula is C19H38N2O. The summed E-state index contributed by atoms with van der Waals surface area (Å²) < 4.78 is 0. The Bertz CT molecular complexity index is 277. The first-order valence-electron chi connectivity index (χ1n) is 9.27. The second kappa shape index (κ2) is 15.1. The summed E-state index contributed by atoms with van der Waals surface area (Å²) in [5, 5.41) is 2.93. The normalized spacial score (nSPS) is 10.9. The van der Waals surface area contributed by atoms with Gasteiger partial charge in [0.15, 0.2) is 0 Å². The fraction of sp³-hybridized carbons (Fsp3) is 0.842. The molecule has 22 heavy (non-hydrogen) atoms. The second-order valence-electron chi connectivity index (χ2n) is 6.35. The summed E-state index contributed by atoms with van der Waals surface area (Å²) in [4.78, 5) is 14.0. The molecule has 130 valence electrons. The van der Waals surface area contributed by atoms with E-state index in [-0.39, 0.29) is 5.91 Å². The van der Waals surface area contributed by atoms with Crippen molar-refractivity contribution >= 4 is 5.91 Å². The number of nitrogens with one attached hydrogen (secondary N) is 1. The Morgan fingerprint density at radius 2 is 1.36 bits per heavy atom. The fourth-order valence-corrected chi connectivity index (χ4v) is 2.52. The van der Waals surface area contributed by atoms with Gasteiger partial charge >= 0.3 is 0 Å². The lowest BCUT2D eigenvalue weighted by atomic mass is 10.1. The van der Waals surface area contributed by atoms with Gasteiger partial charge in [0.05, 0.1) is 0 Å². The number of amides is 1. The van der Waals surface area contributed by atoms with Crippen molar-refractivity contribution in [2.24, 2.45) is 0 Å². The molecule has 0 saturated heterocycles. The summed E-state index contributed by atoms with van der Waals surface area (Å²) in [7, 11) is 0. The fourth-order valence-electron chi connectivity index (χ4n) is 2.52. The average molecular weight is 311 g/mol. The van der Waals surface area contributed by atoms with Crippen LogP contribution in [-0.4, -0.2) is 37.0 Å². The zero-order valence-corrected chi connectivity index (χ0v) is 15.3. The standard InChI is InChI=1S/C19H38N2O/c1-5-7-9-11-15-21(16-12-10-8-6-2)17-13-14-20-19(22)18(3)4/h3,5-17H2,1-2,4H3,(H,20,22). The van der Waals surface area contributed by atoms with Crippen molar-refractivity contribution in [3.8, 4) is 0 Å². The molecule has 1 amide bonds.